The van der Waals surface area contributed by atoms with Gasteiger partial charge in [0.1, 0.15) is 5.75 Å². The molecule has 32 heavy (non-hydrogen) atoms. The van der Waals surface area contributed by atoms with Crippen molar-refractivity contribution >= 4 is 5.91 Å². The van der Waals surface area contributed by atoms with Gasteiger partial charge in [0.05, 0.1) is 18.4 Å². The lowest BCUT2D eigenvalue weighted by Gasteiger charge is -2.41. The van der Waals surface area contributed by atoms with Crippen molar-refractivity contribution in [3.05, 3.63) is 95.8 Å². The van der Waals surface area contributed by atoms with Gasteiger partial charge in [-0.1, -0.05) is 48.5 Å². The maximum Gasteiger partial charge on any atom is 0.255 e. The van der Waals surface area contributed by atoms with E-state index in [2.05, 4.69) is 45.9 Å². The van der Waals surface area contributed by atoms with Gasteiger partial charge in [-0.3, -0.25) is 9.78 Å². The summed E-state index contributed by atoms with van der Waals surface area (Å²) in [5, 5.41) is 6.87. The molecule has 0 aliphatic heterocycles. The Hall–Kier alpha value is -3.18. The molecule has 2 N–H and O–H groups in total. The number of methoxy groups -OCH3 is 1. The number of carbonyl (C=O) groups is 1. The molecule has 0 atom stereocenters. The number of amides is 1. The van der Waals surface area contributed by atoms with E-state index in [1.165, 1.54) is 5.56 Å². The highest BCUT2D eigenvalue weighted by Crippen LogP contribution is 2.39. The molecular formula is C27H31N3O2. The molecule has 0 spiro atoms. The number of nitrogens with zero attached hydrogens (tertiary/aromatic N) is 1. The molecule has 5 nitrogen and oxygen atoms in total. The number of hydrogen-bond donors (Lipinski definition) is 2. The summed E-state index contributed by atoms with van der Waals surface area (Å²) in [5.41, 5.74) is 2.87. The van der Waals surface area contributed by atoms with E-state index in [4.69, 9.17) is 4.74 Å². The number of rotatable bonds is 8. The average molecular weight is 430 g/mol. The SMILES string of the molecule is COc1ccccc1C(=O)NCC1(c2ccccc2)CCC(NCc2ccccn2)CC1. The third-order valence-corrected chi connectivity index (χ3v) is 6.57. The molecule has 1 amide bonds. The predicted octanol–water partition coefficient (Wildman–Crippen LogP) is 4.49. The number of benzene rings is 2. The van der Waals surface area contributed by atoms with E-state index in [-0.39, 0.29) is 11.3 Å². The summed E-state index contributed by atoms with van der Waals surface area (Å²) >= 11 is 0. The normalized spacial score (nSPS) is 20.5. The van der Waals surface area contributed by atoms with E-state index in [1.807, 2.05) is 48.7 Å². The Morgan fingerprint density at radius 1 is 1.00 bits per heavy atom. The second-order valence-electron chi connectivity index (χ2n) is 8.51. The Morgan fingerprint density at radius 3 is 2.44 bits per heavy atom. The van der Waals surface area contributed by atoms with Gasteiger partial charge in [-0.25, -0.2) is 0 Å². The molecule has 1 aliphatic rings. The minimum absolute atomic E-state index is 0.0673. The van der Waals surface area contributed by atoms with Gasteiger partial charge in [0.15, 0.2) is 0 Å². The second-order valence-corrected chi connectivity index (χ2v) is 8.51. The van der Waals surface area contributed by atoms with Crippen LogP contribution in [0.2, 0.25) is 0 Å². The van der Waals surface area contributed by atoms with Crippen LogP contribution >= 0.6 is 0 Å². The van der Waals surface area contributed by atoms with Crippen molar-refractivity contribution in [3.8, 4) is 5.75 Å². The number of carbonyl (C=O) groups excluding carboxylic acids is 1. The van der Waals surface area contributed by atoms with E-state index in [0.29, 0.717) is 23.9 Å². The molecule has 0 radical (unpaired) electrons. The Balaban J connectivity index is 1.43. The fraction of sp³-hybridized carbons (Fsp3) is 0.333. The molecule has 1 aromatic heterocycles. The lowest BCUT2D eigenvalue weighted by molar-refractivity contribution is 0.0931. The Labute approximate surface area is 190 Å². The van der Waals surface area contributed by atoms with Crippen LogP contribution in [0.3, 0.4) is 0 Å². The van der Waals surface area contributed by atoms with Gasteiger partial charge >= 0.3 is 0 Å². The first-order valence-corrected chi connectivity index (χ1v) is 11.3. The Morgan fingerprint density at radius 2 is 1.72 bits per heavy atom. The van der Waals surface area contributed by atoms with Crippen molar-refractivity contribution < 1.29 is 9.53 Å². The van der Waals surface area contributed by atoms with Crippen molar-refractivity contribution in [3.63, 3.8) is 0 Å². The molecule has 0 saturated heterocycles. The first kappa shape index (κ1) is 22.0. The van der Waals surface area contributed by atoms with Crippen LogP contribution in [0.5, 0.6) is 5.75 Å². The van der Waals surface area contributed by atoms with Crippen LogP contribution in [0.4, 0.5) is 0 Å². The van der Waals surface area contributed by atoms with Gasteiger partial charge in [-0.2, -0.15) is 0 Å². The monoisotopic (exact) mass is 429 g/mol. The zero-order valence-corrected chi connectivity index (χ0v) is 18.6. The molecule has 1 saturated carbocycles. The first-order chi connectivity index (χ1) is 15.7. The third kappa shape index (κ3) is 5.17. The smallest absolute Gasteiger partial charge is 0.255 e. The Bertz CT molecular complexity index is 1000. The third-order valence-electron chi connectivity index (χ3n) is 6.57. The van der Waals surface area contributed by atoms with Crippen LogP contribution < -0.4 is 15.4 Å². The summed E-state index contributed by atoms with van der Waals surface area (Å²) < 4.78 is 5.37. The number of pyridine rings is 1. The zero-order chi connectivity index (χ0) is 22.2. The van der Waals surface area contributed by atoms with Crippen LogP contribution in [0, 0.1) is 0 Å². The van der Waals surface area contributed by atoms with Gasteiger partial charge < -0.3 is 15.4 Å². The fourth-order valence-corrected chi connectivity index (χ4v) is 4.66. The second kappa shape index (κ2) is 10.4. The van der Waals surface area contributed by atoms with E-state index in [1.54, 1.807) is 7.11 Å². The van der Waals surface area contributed by atoms with Crippen LogP contribution in [-0.2, 0) is 12.0 Å². The molecule has 4 rings (SSSR count). The van der Waals surface area contributed by atoms with Crippen LogP contribution in [0.25, 0.3) is 0 Å². The largest absolute Gasteiger partial charge is 0.496 e. The Kier molecular flexibility index (Phi) is 7.17. The van der Waals surface area contributed by atoms with Crippen molar-refractivity contribution in [2.75, 3.05) is 13.7 Å². The highest BCUT2D eigenvalue weighted by molar-refractivity contribution is 5.96. The lowest BCUT2D eigenvalue weighted by Crippen LogP contribution is -2.46. The van der Waals surface area contributed by atoms with Gasteiger partial charge in [0.25, 0.3) is 5.91 Å². The summed E-state index contributed by atoms with van der Waals surface area (Å²) in [5.74, 6) is 0.509. The van der Waals surface area contributed by atoms with E-state index >= 15 is 0 Å². The summed E-state index contributed by atoms with van der Waals surface area (Å²) in [4.78, 5) is 17.4. The van der Waals surface area contributed by atoms with Crippen molar-refractivity contribution in [2.45, 2.75) is 43.7 Å². The number of hydrogen-bond acceptors (Lipinski definition) is 4. The van der Waals surface area contributed by atoms with Crippen molar-refractivity contribution in [2.24, 2.45) is 0 Å². The van der Waals surface area contributed by atoms with E-state index < -0.39 is 0 Å². The maximum absolute atomic E-state index is 13.0. The molecule has 2 aromatic carbocycles. The topological polar surface area (TPSA) is 63.2 Å². The standard InChI is InChI=1S/C27H31N3O2/c1-32-25-13-6-5-12-24(25)26(31)30-20-27(21-9-3-2-4-10-21)16-14-22(15-17-27)29-19-23-11-7-8-18-28-23/h2-13,18,22,29H,14-17,19-20H2,1H3,(H,30,31). The predicted molar refractivity (Wildman–Crippen MR) is 127 cm³/mol. The molecule has 166 valence electrons. The average Bonchev–Trinajstić information content (AvgIpc) is 2.88. The van der Waals surface area contributed by atoms with Crippen LogP contribution in [0.1, 0.15) is 47.3 Å². The molecule has 3 aromatic rings. The number of aromatic nitrogens is 1. The minimum Gasteiger partial charge on any atom is -0.496 e. The molecule has 1 heterocycles. The number of nitrogens with one attached hydrogen (secondary N) is 2. The molecule has 0 bridgehead atoms. The highest BCUT2D eigenvalue weighted by Gasteiger charge is 2.37. The zero-order valence-electron chi connectivity index (χ0n) is 18.6. The molecule has 1 fully saturated rings. The number of ether oxygens (including phenoxy) is 1. The molecule has 1 aliphatic carbocycles. The summed E-state index contributed by atoms with van der Waals surface area (Å²) in [6, 6.07) is 24.4. The van der Waals surface area contributed by atoms with Crippen LogP contribution in [0.15, 0.2) is 79.0 Å². The van der Waals surface area contributed by atoms with Gasteiger partial charge in [0, 0.05) is 30.7 Å². The molecule has 5 heteroatoms. The maximum atomic E-state index is 13.0. The molecular weight excluding hydrogens is 398 g/mol. The summed E-state index contributed by atoms with van der Waals surface area (Å²) in [6.07, 6.45) is 5.99. The highest BCUT2D eigenvalue weighted by atomic mass is 16.5. The minimum atomic E-state index is -0.0897. The summed E-state index contributed by atoms with van der Waals surface area (Å²) in [6.45, 7) is 1.40. The van der Waals surface area contributed by atoms with E-state index in [0.717, 1.165) is 37.9 Å². The van der Waals surface area contributed by atoms with Crippen molar-refractivity contribution in [1.29, 1.82) is 0 Å². The first-order valence-electron chi connectivity index (χ1n) is 11.3. The molecule has 0 unspecified atom stereocenters. The van der Waals surface area contributed by atoms with Gasteiger partial charge in [0.2, 0.25) is 0 Å². The van der Waals surface area contributed by atoms with Crippen LogP contribution in [-0.4, -0.2) is 30.6 Å². The summed E-state index contributed by atoms with van der Waals surface area (Å²) in [7, 11) is 1.59. The van der Waals surface area contributed by atoms with Gasteiger partial charge in [-0.15, -0.1) is 0 Å². The van der Waals surface area contributed by atoms with Crippen molar-refractivity contribution in [1.82, 2.24) is 15.6 Å². The fourth-order valence-electron chi connectivity index (χ4n) is 4.66. The van der Waals surface area contributed by atoms with E-state index in [9.17, 15) is 4.79 Å². The number of para-hydroxylation sites is 1. The quantitative estimate of drug-likeness (QED) is 0.554. The lowest BCUT2D eigenvalue weighted by atomic mass is 9.68. The van der Waals surface area contributed by atoms with Gasteiger partial charge in [-0.05, 0) is 55.5 Å².